The molecular formula is C13H19N3O2. The molecule has 2 N–H and O–H groups in total. The SMILES string of the molecule is Cc1c(N)nc(C2CC2)nc1OCC1CCCO1. The Bertz CT molecular complexity index is 440. The smallest absolute Gasteiger partial charge is 0.221 e. The largest absolute Gasteiger partial charge is 0.475 e. The average molecular weight is 249 g/mol. The molecule has 1 unspecified atom stereocenters. The van der Waals surface area contributed by atoms with Crippen LogP contribution >= 0.6 is 0 Å². The molecule has 2 aliphatic rings. The Morgan fingerprint density at radius 3 is 2.83 bits per heavy atom. The highest BCUT2D eigenvalue weighted by molar-refractivity contribution is 5.45. The minimum absolute atomic E-state index is 0.199. The molecule has 0 radical (unpaired) electrons. The lowest BCUT2D eigenvalue weighted by atomic mass is 10.2. The van der Waals surface area contributed by atoms with E-state index >= 15 is 0 Å². The van der Waals surface area contributed by atoms with Crippen molar-refractivity contribution in [1.29, 1.82) is 0 Å². The quantitative estimate of drug-likeness (QED) is 0.881. The van der Waals surface area contributed by atoms with Crippen LogP contribution in [0.3, 0.4) is 0 Å². The normalized spacial score (nSPS) is 23.3. The van der Waals surface area contributed by atoms with Crippen molar-refractivity contribution in [2.75, 3.05) is 18.9 Å². The van der Waals surface area contributed by atoms with E-state index in [1.807, 2.05) is 6.92 Å². The summed E-state index contributed by atoms with van der Waals surface area (Å²) in [5, 5.41) is 0. The molecule has 1 aliphatic heterocycles. The number of hydrogen-bond donors (Lipinski definition) is 1. The number of ether oxygens (including phenoxy) is 2. The summed E-state index contributed by atoms with van der Waals surface area (Å²) in [7, 11) is 0. The van der Waals surface area contributed by atoms with Crippen molar-refractivity contribution < 1.29 is 9.47 Å². The van der Waals surface area contributed by atoms with E-state index in [9.17, 15) is 0 Å². The van der Waals surface area contributed by atoms with E-state index in [4.69, 9.17) is 15.2 Å². The fourth-order valence-electron chi connectivity index (χ4n) is 2.14. The average Bonchev–Trinajstić information content (AvgIpc) is 3.08. The highest BCUT2D eigenvalue weighted by atomic mass is 16.5. The predicted molar refractivity (Wildman–Crippen MR) is 67.6 cm³/mol. The van der Waals surface area contributed by atoms with E-state index in [0.717, 1.165) is 43.7 Å². The number of nitrogens with two attached hydrogens (primary N) is 1. The molecule has 0 aromatic carbocycles. The van der Waals surface area contributed by atoms with Gasteiger partial charge in [-0.1, -0.05) is 0 Å². The minimum Gasteiger partial charge on any atom is -0.475 e. The Morgan fingerprint density at radius 2 is 2.17 bits per heavy atom. The lowest BCUT2D eigenvalue weighted by Crippen LogP contribution is -2.18. The van der Waals surface area contributed by atoms with Gasteiger partial charge in [-0.15, -0.1) is 0 Å². The molecule has 2 heterocycles. The number of nitrogens with zero attached hydrogens (tertiary/aromatic N) is 2. The van der Waals surface area contributed by atoms with Crippen molar-refractivity contribution in [2.24, 2.45) is 0 Å². The monoisotopic (exact) mass is 249 g/mol. The summed E-state index contributed by atoms with van der Waals surface area (Å²) in [6, 6.07) is 0. The van der Waals surface area contributed by atoms with E-state index < -0.39 is 0 Å². The third-order valence-corrected chi connectivity index (χ3v) is 3.53. The number of anilines is 1. The minimum atomic E-state index is 0.199. The molecule has 1 saturated carbocycles. The van der Waals surface area contributed by atoms with Gasteiger partial charge >= 0.3 is 0 Å². The van der Waals surface area contributed by atoms with Gasteiger partial charge in [-0.25, -0.2) is 4.98 Å². The maximum Gasteiger partial charge on any atom is 0.221 e. The molecule has 18 heavy (non-hydrogen) atoms. The van der Waals surface area contributed by atoms with Gasteiger partial charge in [0, 0.05) is 12.5 Å². The maximum absolute atomic E-state index is 5.91. The van der Waals surface area contributed by atoms with Gasteiger partial charge < -0.3 is 15.2 Å². The van der Waals surface area contributed by atoms with Crippen LogP contribution in [-0.4, -0.2) is 29.3 Å². The van der Waals surface area contributed by atoms with Crippen molar-refractivity contribution in [2.45, 2.75) is 44.6 Å². The predicted octanol–water partition coefficient (Wildman–Crippen LogP) is 1.80. The Kier molecular flexibility index (Phi) is 3.07. The van der Waals surface area contributed by atoms with E-state index in [-0.39, 0.29) is 6.10 Å². The molecule has 1 aromatic heterocycles. The van der Waals surface area contributed by atoms with Crippen molar-refractivity contribution in [3.8, 4) is 5.88 Å². The zero-order chi connectivity index (χ0) is 12.5. The first-order chi connectivity index (χ1) is 8.74. The number of aromatic nitrogens is 2. The molecule has 0 spiro atoms. The summed E-state index contributed by atoms with van der Waals surface area (Å²) in [6.45, 7) is 3.30. The first-order valence-electron chi connectivity index (χ1n) is 6.62. The fourth-order valence-corrected chi connectivity index (χ4v) is 2.14. The standard InChI is InChI=1S/C13H19N3O2/c1-8-11(14)15-12(9-4-5-9)16-13(8)18-7-10-3-2-6-17-10/h9-10H,2-7H2,1H3,(H2,14,15,16). The number of rotatable bonds is 4. The van der Waals surface area contributed by atoms with Crippen LogP contribution in [0.15, 0.2) is 0 Å². The summed E-state index contributed by atoms with van der Waals surface area (Å²) in [6.07, 6.45) is 4.70. The molecule has 2 fully saturated rings. The van der Waals surface area contributed by atoms with Crippen molar-refractivity contribution in [1.82, 2.24) is 9.97 Å². The second kappa shape index (κ2) is 4.72. The first kappa shape index (κ1) is 11.7. The van der Waals surface area contributed by atoms with Crippen molar-refractivity contribution >= 4 is 5.82 Å². The van der Waals surface area contributed by atoms with Crippen LogP contribution in [0.2, 0.25) is 0 Å². The summed E-state index contributed by atoms with van der Waals surface area (Å²) in [5.41, 5.74) is 6.74. The van der Waals surface area contributed by atoms with Gasteiger partial charge in [-0.05, 0) is 32.6 Å². The Morgan fingerprint density at radius 1 is 1.33 bits per heavy atom. The Balaban J connectivity index is 1.72. The molecule has 5 heteroatoms. The first-order valence-corrected chi connectivity index (χ1v) is 6.62. The Hall–Kier alpha value is -1.36. The van der Waals surface area contributed by atoms with E-state index in [1.54, 1.807) is 0 Å². The van der Waals surface area contributed by atoms with Gasteiger partial charge in [0.05, 0.1) is 11.7 Å². The van der Waals surface area contributed by atoms with Gasteiger partial charge in [0.1, 0.15) is 18.2 Å². The van der Waals surface area contributed by atoms with Crippen LogP contribution in [0.5, 0.6) is 5.88 Å². The third kappa shape index (κ3) is 2.41. The second-order valence-corrected chi connectivity index (χ2v) is 5.12. The highest BCUT2D eigenvalue weighted by Crippen LogP contribution is 2.39. The second-order valence-electron chi connectivity index (χ2n) is 5.12. The zero-order valence-electron chi connectivity index (χ0n) is 10.7. The van der Waals surface area contributed by atoms with Crippen LogP contribution in [0.25, 0.3) is 0 Å². The molecule has 3 rings (SSSR count). The molecule has 0 amide bonds. The molecule has 0 bridgehead atoms. The summed E-state index contributed by atoms with van der Waals surface area (Å²) >= 11 is 0. The molecule has 98 valence electrons. The van der Waals surface area contributed by atoms with Gasteiger partial charge in [-0.2, -0.15) is 4.98 Å². The van der Waals surface area contributed by atoms with Crippen LogP contribution in [0.1, 0.15) is 43.0 Å². The van der Waals surface area contributed by atoms with Gasteiger partial charge in [0.25, 0.3) is 0 Å². The highest BCUT2D eigenvalue weighted by Gasteiger charge is 2.28. The lowest BCUT2D eigenvalue weighted by Gasteiger charge is -2.14. The van der Waals surface area contributed by atoms with E-state index in [0.29, 0.717) is 24.2 Å². The van der Waals surface area contributed by atoms with E-state index in [2.05, 4.69) is 9.97 Å². The van der Waals surface area contributed by atoms with Crippen LogP contribution in [0.4, 0.5) is 5.82 Å². The number of nitrogen functional groups attached to an aromatic ring is 1. The van der Waals surface area contributed by atoms with Crippen LogP contribution in [-0.2, 0) is 4.74 Å². The van der Waals surface area contributed by atoms with Gasteiger partial charge in [0.2, 0.25) is 5.88 Å². The molecule has 1 atom stereocenters. The van der Waals surface area contributed by atoms with Gasteiger partial charge in [-0.3, -0.25) is 0 Å². The Labute approximate surface area is 107 Å². The zero-order valence-corrected chi connectivity index (χ0v) is 10.7. The van der Waals surface area contributed by atoms with E-state index in [1.165, 1.54) is 0 Å². The summed E-state index contributed by atoms with van der Waals surface area (Å²) in [5.74, 6) is 2.48. The molecular weight excluding hydrogens is 230 g/mol. The van der Waals surface area contributed by atoms with Gasteiger partial charge in [0.15, 0.2) is 0 Å². The third-order valence-electron chi connectivity index (χ3n) is 3.53. The van der Waals surface area contributed by atoms with Crippen molar-refractivity contribution in [3.63, 3.8) is 0 Å². The topological polar surface area (TPSA) is 70.3 Å². The number of hydrogen-bond acceptors (Lipinski definition) is 5. The van der Waals surface area contributed by atoms with Crippen molar-refractivity contribution in [3.05, 3.63) is 11.4 Å². The summed E-state index contributed by atoms with van der Waals surface area (Å²) in [4.78, 5) is 8.82. The maximum atomic E-state index is 5.91. The molecule has 1 aromatic rings. The summed E-state index contributed by atoms with van der Waals surface area (Å²) < 4.78 is 11.3. The van der Waals surface area contributed by atoms with Crippen LogP contribution < -0.4 is 10.5 Å². The molecule has 1 aliphatic carbocycles. The lowest BCUT2D eigenvalue weighted by molar-refractivity contribution is 0.0659. The molecule has 5 nitrogen and oxygen atoms in total. The van der Waals surface area contributed by atoms with Crippen LogP contribution in [0, 0.1) is 6.92 Å². The molecule has 1 saturated heterocycles. The fraction of sp³-hybridized carbons (Fsp3) is 0.692.